The van der Waals surface area contributed by atoms with Crippen LogP contribution in [0.4, 0.5) is 5.69 Å². The van der Waals surface area contributed by atoms with Crippen LogP contribution < -0.4 is 0 Å². The van der Waals surface area contributed by atoms with Gasteiger partial charge in [0, 0.05) is 24.2 Å². The van der Waals surface area contributed by atoms with Crippen LogP contribution in [0.15, 0.2) is 59.1 Å². The Morgan fingerprint density at radius 1 is 1.08 bits per heavy atom. The van der Waals surface area contributed by atoms with Crippen molar-refractivity contribution in [3.8, 4) is 11.4 Å². The van der Waals surface area contributed by atoms with Crippen molar-refractivity contribution in [2.24, 2.45) is 0 Å². The Hall–Kier alpha value is -3.06. The van der Waals surface area contributed by atoms with Gasteiger partial charge in [0.25, 0.3) is 5.69 Å². The Bertz CT molecular complexity index is 847. The fraction of sp³-hybridized carbons (Fsp3) is 0.263. The molecular formula is C19H20N4O3. The zero-order chi connectivity index (χ0) is 18.4. The normalized spacial score (nSPS) is 11.0. The van der Waals surface area contributed by atoms with E-state index in [2.05, 4.69) is 34.1 Å². The molecule has 0 fully saturated rings. The van der Waals surface area contributed by atoms with Crippen LogP contribution in [0.1, 0.15) is 24.8 Å². The van der Waals surface area contributed by atoms with Crippen LogP contribution in [0.25, 0.3) is 11.4 Å². The molecule has 7 nitrogen and oxygen atoms in total. The molecule has 3 aromatic rings. The van der Waals surface area contributed by atoms with E-state index in [0.29, 0.717) is 23.8 Å². The molecule has 1 aromatic heterocycles. The molecule has 2 aromatic carbocycles. The lowest BCUT2D eigenvalue weighted by Gasteiger charge is -2.19. The predicted molar refractivity (Wildman–Crippen MR) is 97.2 cm³/mol. The maximum absolute atomic E-state index is 10.7. The molecule has 134 valence electrons. The fourth-order valence-corrected chi connectivity index (χ4v) is 2.73. The van der Waals surface area contributed by atoms with Crippen molar-refractivity contribution < 1.29 is 9.45 Å². The zero-order valence-electron chi connectivity index (χ0n) is 14.5. The van der Waals surface area contributed by atoms with Crippen molar-refractivity contribution in [3.05, 3.63) is 76.2 Å². The van der Waals surface area contributed by atoms with Crippen LogP contribution in [0, 0.1) is 10.1 Å². The van der Waals surface area contributed by atoms with E-state index < -0.39 is 4.92 Å². The summed E-state index contributed by atoms with van der Waals surface area (Å²) in [4.78, 5) is 17.0. The summed E-state index contributed by atoms with van der Waals surface area (Å²) >= 11 is 0. The van der Waals surface area contributed by atoms with Gasteiger partial charge in [-0.3, -0.25) is 15.0 Å². The van der Waals surface area contributed by atoms with E-state index in [4.69, 9.17) is 4.52 Å². The van der Waals surface area contributed by atoms with E-state index in [1.807, 2.05) is 18.2 Å². The third-order valence-electron chi connectivity index (χ3n) is 3.95. The Labute approximate surface area is 151 Å². The number of benzene rings is 2. The van der Waals surface area contributed by atoms with Gasteiger partial charge in [-0.1, -0.05) is 42.4 Å². The topological polar surface area (TPSA) is 85.3 Å². The van der Waals surface area contributed by atoms with Crippen molar-refractivity contribution in [3.63, 3.8) is 0 Å². The number of non-ortho nitro benzene ring substituents is 1. The standard InChI is InChI=1S/C19H20N4O3/c1-2-12-22(13-15-6-4-3-5-7-15)14-18-20-19(21-26-18)16-8-10-17(11-9-16)23(24)25/h3-11H,2,12-14H2,1H3. The monoisotopic (exact) mass is 352 g/mol. The highest BCUT2D eigenvalue weighted by Crippen LogP contribution is 2.20. The van der Waals surface area contributed by atoms with E-state index in [1.165, 1.54) is 17.7 Å². The van der Waals surface area contributed by atoms with Crippen LogP contribution >= 0.6 is 0 Å². The minimum Gasteiger partial charge on any atom is -0.338 e. The summed E-state index contributed by atoms with van der Waals surface area (Å²) in [7, 11) is 0. The van der Waals surface area contributed by atoms with Crippen LogP contribution in [-0.4, -0.2) is 26.5 Å². The van der Waals surface area contributed by atoms with Crippen molar-refractivity contribution in [2.45, 2.75) is 26.4 Å². The second kappa shape index (κ2) is 8.35. The predicted octanol–water partition coefficient (Wildman–Crippen LogP) is 4.06. The largest absolute Gasteiger partial charge is 0.338 e. The molecule has 0 unspecified atom stereocenters. The summed E-state index contributed by atoms with van der Waals surface area (Å²) in [6.07, 6.45) is 1.02. The number of nitrogens with zero attached hydrogens (tertiary/aromatic N) is 4. The molecule has 1 heterocycles. The lowest BCUT2D eigenvalue weighted by molar-refractivity contribution is -0.384. The third kappa shape index (κ3) is 4.52. The van der Waals surface area contributed by atoms with E-state index in [-0.39, 0.29) is 5.69 Å². The Morgan fingerprint density at radius 3 is 2.46 bits per heavy atom. The van der Waals surface area contributed by atoms with E-state index in [0.717, 1.165) is 19.5 Å². The highest BCUT2D eigenvalue weighted by Gasteiger charge is 2.14. The second-order valence-corrected chi connectivity index (χ2v) is 6.01. The molecule has 0 N–H and O–H groups in total. The van der Waals surface area contributed by atoms with Gasteiger partial charge in [0.1, 0.15) is 0 Å². The minimum atomic E-state index is -0.433. The number of hydrogen-bond donors (Lipinski definition) is 0. The molecular weight excluding hydrogens is 332 g/mol. The zero-order valence-corrected chi connectivity index (χ0v) is 14.5. The van der Waals surface area contributed by atoms with Crippen molar-refractivity contribution >= 4 is 5.69 Å². The maximum Gasteiger partial charge on any atom is 0.269 e. The Kier molecular flexibility index (Phi) is 5.70. The minimum absolute atomic E-state index is 0.0365. The van der Waals surface area contributed by atoms with Gasteiger partial charge in [0.05, 0.1) is 11.5 Å². The van der Waals surface area contributed by atoms with Crippen molar-refractivity contribution in [2.75, 3.05) is 6.54 Å². The molecule has 3 rings (SSSR count). The third-order valence-corrected chi connectivity index (χ3v) is 3.95. The molecule has 0 amide bonds. The van der Waals surface area contributed by atoms with Gasteiger partial charge in [0.15, 0.2) is 0 Å². The molecule has 0 radical (unpaired) electrons. The number of nitro groups is 1. The average molecular weight is 352 g/mol. The molecule has 0 aliphatic carbocycles. The quantitative estimate of drug-likeness (QED) is 0.449. The van der Waals surface area contributed by atoms with Gasteiger partial charge in [-0.05, 0) is 30.7 Å². The van der Waals surface area contributed by atoms with Gasteiger partial charge in [0.2, 0.25) is 11.7 Å². The molecule has 0 bridgehead atoms. The molecule has 26 heavy (non-hydrogen) atoms. The van der Waals surface area contributed by atoms with Crippen molar-refractivity contribution in [1.29, 1.82) is 0 Å². The Morgan fingerprint density at radius 2 is 1.81 bits per heavy atom. The Balaban J connectivity index is 1.70. The molecule has 0 saturated carbocycles. The van der Waals surface area contributed by atoms with Crippen LogP contribution in [0.2, 0.25) is 0 Å². The van der Waals surface area contributed by atoms with Gasteiger partial charge in [-0.2, -0.15) is 4.98 Å². The van der Waals surface area contributed by atoms with Gasteiger partial charge < -0.3 is 4.52 Å². The number of rotatable bonds is 8. The molecule has 0 atom stereocenters. The van der Waals surface area contributed by atoms with E-state index in [1.54, 1.807) is 12.1 Å². The first kappa shape index (κ1) is 17.8. The lowest BCUT2D eigenvalue weighted by Crippen LogP contribution is -2.23. The molecule has 0 aliphatic heterocycles. The first-order valence-electron chi connectivity index (χ1n) is 8.49. The van der Waals surface area contributed by atoms with Gasteiger partial charge in [-0.15, -0.1) is 0 Å². The summed E-state index contributed by atoms with van der Waals surface area (Å²) < 4.78 is 5.37. The smallest absolute Gasteiger partial charge is 0.269 e. The van der Waals surface area contributed by atoms with Crippen LogP contribution in [-0.2, 0) is 13.1 Å². The number of nitro benzene ring substituents is 1. The molecule has 0 spiro atoms. The highest BCUT2D eigenvalue weighted by atomic mass is 16.6. The fourth-order valence-electron chi connectivity index (χ4n) is 2.73. The summed E-state index contributed by atoms with van der Waals surface area (Å²) in [5, 5.41) is 14.7. The summed E-state index contributed by atoms with van der Waals surface area (Å²) in [6.45, 7) is 4.42. The average Bonchev–Trinajstić information content (AvgIpc) is 3.11. The van der Waals surface area contributed by atoms with Gasteiger partial charge in [-0.25, -0.2) is 0 Å². The number of aromatic nitrogens is 2. The summed E-state index contributed by atoms with van der Waals surface area (Å²) in [5.41, 5.74) is 1.96. The number of hydrogen-bond acceptors (Lipinski definition) is 6. The van der Waals surface area contributed by atoms with Gasteiger partial charge >= 0.3 is 0 Å². The maximum atomic E-state index is 10.7. The molecule has 0 aliphatic rings. The second-order valence-electron chi connectivity index (χ2n) is 6.01. The van der Waals surface area contributed by atoms with Crippen molar-refractivity contribution in [1.82, 2.24) is 15.0 Å². The highest BCUT2D eigenvalue weighted by molar-refractivity contribution is 5.56. The summed E-state index contributed by atoms with van der Waals surface area (Å²) in [6, 6.07) is 16.4. The lowest BCUT2D eigenvalue weighted by atomic mass is 10.2. The first-order chi connectivity index (χ1) is 12.7. The van der Waals surface area contributed by atoms with E-state index >= 15 is 0 Å². The summed E-state index contributed by atoms with van der Waals surface area (Å²) in [5.74, 6) is 0.966. The van der Waals surface area contributed by atoms with Crippen LogP contribution in [0.3, 0.4) is 0 Å². The first-order valence-corrected chi connectivity index (χ1v) is 8.49. The molecule has 0 saturated heterocycles. The van der Waals surface area contributed by atoms with Crippen LogP contribution in [0.5, 0.6) is 0 Å². The van der Waals surface area contributed by atoms with E-state index in [9.17, 15) is 10.1 Å². The molecule has 7 heteroatoms. The SMILES string of the molecule is CCCN(Cc1ccccc1)Cc1nc(-c2ccc([N+](=O)[O-])cc2)no1.